The number of imidazole rings is 1. The van der Waals surface area contributed by atoms with Crippen LogP contribution in [0.25, 0.3) is 16.9 Å². The van der Waals surface area contributed by atoms with E-state index in [4.69, 9.17) is 0 Å². The third-order valence-electron chi connectivity index (χ3n) is 4.25. The van der Waals surface area contributed by atoms with Crippen LogP contribution in [0.4, 0.5) is 17.2 Å². The fourth-order valence-corrected chi connectivity index (χ4v) is 2.92. The number of nitrogens with zero attached hydrogens (tertiary/aromatic N) is 5. The molecule has 0 saturated carbocycles. The van der Waals surface area contributed by atoms with Crippen LogP contribution in [0.1, 0.15) is 5.56 Å². The molecule has 0 aliphatic rings. The molecule has 4 aromatic rings. The van der Waals surface area contributed by atoms with Crippen LogP contribution in [0.5, 0.6) is 0 Å². The standard InChI is InChI=1S/C20H13N5O4/c26-24(27)16-7-3-5-14(11-16)13-21-20-19(22-18-9-1-2-10-23(18)20)15-6-4-8-17(12-15)25(28)29/h1-13H/b21-13+. The van der Waals surface area contributed by atoms with Gasteiger partial charge in [-0.1, -0.05) is 30.3 Å². The van der Waals surface area contributed by atoms with E-state index in [-0.39, 0.29) is 11.4 Å². The molecule has 0 spiro atoms. The first kappa shape index (κ1) is 18.0. The topological polar surface area (TPSA) is 116 Å². The Balaban J connectivity index is 1.84. The third-order valence-corrected chi connectivity index (χ3v) is 4.25. The molecule has 2 aromatic heterocycles. The van der Waals surface area contributed by atoms with Gasteiger partial charge in [0.2, 0.25) is 0 Å². The lowest BCUT2D eigenvalue weighted by atomic mass is 10.1. The Morgan fingerprint density at radius 2 is 1.62 bits per heavy atom. The van der Waals surface area contributed by atoms with Crippen LogP contribution >= 0.6 is 0 Å². The van der Waals surface area contributed by atoms with Crippen molar-refractivity contribution in [2.24, 2.45) is 4.99 Å². The average molecular weight is 387 g/mol. The molecule has 4 rings (SSSR count). The summed E-state index contributed by atoms with van der Waals surface area (Å²) in [6, 6.07) is 17.7. The molecule has 2 aromatic carbocycles. The molecule has 29 heavy (non-hydrogen) atoms. The van der Waals surface area contributed by atoms with Gasteiger partial charge in [0.25, 0.3) is 11.4 Å². The van der Waals surface area contributed by atoms with E-state index >= 15 is 0 Å². The first-order valence-electron chi connectivity index (χ1n) is 8.53. The number of aromatic nitrogens is 2. The lowest BCUT2D eigenvalue weighted by molar-refractivity contribution is -0.385. The summed E-state index contributed by atoms with van der Waals surface area (Å²) in [6.45, 7) is 0. The molecule has 0 saturated heterocycles. The summed E-state index contributed by atoms with van der Waals surface area (Å²) in [5.74, 6) is 0.465. The number of pyridine rings is 1. The highest BCUT2D eigenvalue weighted by Crippen LogP contribution is 2.32. The van der Waals surface area contributed by atoms with Gasteiger partial charge in [-0.15, -0.1) is 0 Å². The van der Waals surface area contributed by atoms with Crippen molar-refractivity contribution in [1.29, 1.82) is 0 Å². The summed E-state index contributed by atoms with van der Waals surface area (Å²) >= 11 is 0. The van der Waals surface area contributed by atoms with E-state index in [0.29, 0.717) is 28.3 Å². The largest absolute Gasteiger partial charge is 0.284 e. The van der Waals surface area contributed by atoms with Crippen LogP contribution in [0.2, 0.25) is 0 Å². The van der Waals surface area contributed by atoms with Gasteiger partial charge in [0.1, 0.15) is 11.3 Å². The Labute approximate surface area is 163 Å². The Morgan fingerprint density at radius 1 is 0.897 bits per heavy atom. The number of rotatable bonds is 5. The van der Waals surface area contributed by atoms with Crippen molar-refractivity contribution in [3.05, 3.63) is 98.7 Å². The van der Waals surface area contributed by atoms with Gasteiger partial charge in [0, 0.05) is 42.2 Å². The minimum Gasteiger partial charge on any atom is -0.284 e. The average Bonchev–Trinajstić information content (AvgIpc) is 3.11. The van der Waals surface area contributed by atoms with Crippen molar-refractivity contribution < 1.29 is 9.85 Å². The molecule has 0 bridgehead atoms. The molecule has 0 aliphatic heterocycles. The van der Waals surface area contributed by atoms with E-state index < -0.39 is 9.85 Å². The van der Waals surface area contributed by atoms with E-state index in [9.17, 15) is 20.2 Å². The number of nitro benzene ring substituents is 2. The van der Waals surface area contributed by atoms with Gasteiger partial charge >= 0.3 is 0 Å². The normalized spacial score (nSPS) is 11.2. The zero-order valence-electron chi connectivity index (χ0n) is 14.9. The van der Waals surface area contributed by atoms with Crippen LogP contribution in [0.3, 0.4) is 0 Å². The van der Waals surface area contributed by atoms with E-state index in [1.54, 1.807) is 40.9 Å². The van der Waals surface area contributed by atoms with Crippen molar-refractivity contribution >= 4 is 29.1 Å². The number of hydrogen-bond donors (Lipinski definition) is 0. The first-order chi connectivity index (χ1) is 14.0. The molecule has 0 fully saturated rings. The minimum atomic E-state index is -0.472. The molecule has 142 valence electrons. The lowest BCUT2D eigenvalue weighted by Gasteiger charge is -2.01. The van der Waals surface area contributed by atoms with Crippen LogP contribution < -0.4 is 0 Å². The number of nitro groups is 2. The van der Waals surface area contributed by atoms with Gasteiger partial charge < -0.3 is 0 Å². The Kier molecular flexibility index (Phi) is 4.54. The van der Waals surface area contributed by atoms with E-state index in [0.717, 1.165) is 0 Å². The zero-order chi connectivity index (χ0) is 20.4. The second-order valence-electron chi connectivity index (χ2n) is 6.13. The highest BCUT2D eigenvalue weighted by Gasteiger charge is 2.16. The van der Waals surface area contributed by atoms with Crippen molar-refractivity contribution in [2.75, 3.05) is 0 Å². The van der Waals surface area contributed by atoms with Gasteiger partial charge in [-0.25, -0.2) is 9.98 Å². The predicted octanol–water partition coefficient (Wildman–Crippen LogP) is 4.57. The summed E-state index contributed by atoms with van der Waals surface area (Å²) < 4.78 is 1.75. The Hall–Kier alpha value is -4.40. The van der Waals surface area contributed by atoms with Gasteiger partial charge in [-0.05, 0) is 17.7 Å². The van der Waals surface area contributed by atoms with Crippen LogP contribution in [-0.4, -0.2) is 25.4 Å². The van der Waals surface area contributed by atoms with Gasteiger partial charge in [-0.3, -0.25) is 24.6 Å². The summed E-state index contributed by atoms with van der Waals surface area (Å²) in [6.07, 6.45) is 3.29. The van der Waals surface area contributed by atoms with Crippen LogP contribution in [0.15, 0.2) is 77.9 Å². The monoisotopic (exact) mass is 387 g/mol. The number of aliphatic imine (C=N–C) groups is 1. The highest BCUT2D eigenvalue weighted by atomic mass is 16.6. The summed E-state index contributed by atoms with van der Waals surface area (Å²) in [7, 11) is 0. The van der Waals surface area contributed by atoms with Gasteiger partial charge in [0.05, 0.1) is 9.85 Å². The molecule has 0 N–H and O–H groups in total. The maximum Gasteiger partial charge on any atom is 0.270 e. The SMILES string of the molecule is O=[N+]([O-])c1cccc(/C=N/c2c(-c3cccc([N+](=O)[O-])c3)nc3ccccn23)c1. The van der Waals surface area contributed by atoms with Crippen molar-refractivity contribution in [3.63, 3.8) is 0 Å². The first-order valence-corrected chi connectivity index (χ1v) is 8.53. The molecule has 0 radical (unpaired) electrons. The zero-order valence-corrected chi connectivity index (χ0v) is 14.9. The highest BCUT2D eigenvalue weighted by molar-refractivity contribution is 5.86. The molecular weight excluding hydrogens is 374 g/mol. The molecule has 9 nitrogen and oxygen atoms in total. The quantitative estimate of drug-likeness (QED) is 0.282. The van der Waals surface area contributed by atoms with Crippen molar-refractivity contribution in [3.8, 4) is 11.3 Å². The lowest BCUT2D eigenvalue weighted by Crippen LogP contribution is -1.90. The van der Waals surface area contributed by atoms with E-state index in [1.807, 2.05) is 12.1 Å². The molecule has 0 aliphatic carbocycles. The van der Waals surface area contributed by atoms with Crippen LogP contribution in [0, 0.1) is 20.2 Å². The molecule has 2 heterocycles. The van der Waals surface area contributed by atoms with Crippen molar-refractivity contribution in [1.82, 2.24) is 9.38 Å². The molecular formula is C20H13N5O4. The van der Waals surface area contributed by atoms with E-state index in [2.05, 4.69) is 9.98 Å². The summed E-state index contributed by atoms with van der Waals surface area (Å²) in [4.78, 5) is 30.2. The Morgan fingerprint density at radius 3 is 2.38 bits per heavy atom. The molecule has 0 unspecified atom stereocenters. The number of non-ortho nitro benzene ring substituents is 2. The third kappa shape index (κ3) is 3.56. The summed E-state index contributed by atoms with van der Waals surface area (Å²) in [5.41, 5.74) is 2.12. The Bertz CT molecular complexity index is 1280. The summed E-state index contributed by atoms with van der Waals surface area (Å²) in [5, 5.41) is 22.1. The number of benzene rings is 2. The van der Waals surface area contributed by atoms with Gasteiger partial charge in [0.15, 0.2) is 5.82 Å². The van der Waals surface area contributed by atoms with E-state index in [1.165, 1.54) is 30.5 Å². The van der Waals surface area contributed by atoms with Crippen molar-refractivity contribution in [2.45, 2.75) is 0 Å². The number of fused-ring (bicyclic) bond motifs is 1. The fourth-order valence-electron chi connectivity index (χ4n) is 2.92. The second kappa shape index (κ2) is 7.31. The molecule has 0 atom stereocenters. The molecule has 0 amide bonds. The smallest absolute Gasteiger partial charge is 0.270 e. The fraction of sp³-hybridized carbons (Fsp3) is 0. The predicted molar refractivity (Wildman–Crippen MR) is 108 cm³/mol. The number of hydrogen-bond acceptors (Lipinski definition) is 6. The maximum atomic E-state index is 11.1. The second-order valence-corrected chi connectivity index (χ2v) is 6.13. The van der Waals surface area contributed by atoms with Crippen LogP contribution in [-0.2, 0) is 0 Å². The molecule has 9 heteroatoms. The maximum absolute atomic E-state index is 11.1. The minimum absolute atomic E-state index is 0.0361. The van der Waals surface area contributed by atoms with Gasteiger partial charge in [-0.2, -0.15) is 0 Å².